The molecule has 0 saturated heterocycles. The molecule has 9 heteroatoms. The molecule has 1 amide bonds. The largest absolute Gasteiger partial charge is 0.476 e. The second-order valence-electron chi connectivity index (χ2n) is 3.77. The monoisotopic (exact) mass is 263 g/mol. The van der Waals surface area contributed by atoms with Crippen LogP contribution in [0, 0.1) is 0 Å². The van der Waals surface area contributed by atoms with Crippen molar-refractivity contribution in [3.8, 4) is 0 Å². The van der Waals surface area contributed by atoms with Gasteiger partial charge in [-0.3, -0.25) is 9.48 Å². The highest BCUT2D eigenvalue weighted by Gasteiger charge is 2.43. The van der Waals surface area contributed by atoms with Crippen LogP contribution in [-0.4, -0.2) is 44.4 Å². The Hall–Kier alpha value is -2.06. The molecule has 0 unspecified atom stereocenters. The molecular weight excluding hydrogens is 255 g/mol. The van der Waals surface area contributed by atoms with E-state index in [1.54, 1.807) is 0 Å². The molecule has 0 aliphatic carbocycles. The van der Waals surface area contributed by atoms with Gasteiger partial charge in [0.25, 0.3) is 0 Å². The molecule has 0 radical (unpaired) electrons. The number of carbonyl (C=O) groups is 2. The number of carbonyl (C=O) groups excluding carboxylic acids is 1. The van der Waals surface area contributed by atoms with Crippen LogP contribution in [0.5, 0.6) is 0 Å². The third-order valence-electron chi connectivity index (χ3n) is 2.55. The van der Waals surface area contributed by atoms with E-state index in [1.165, 1.54) is 4.68 Å². The lowest BCUT2D eigenvalue weighted by atomic mass is 10.2. The Bertz CT molecular complexity index is 509. The number of halogens is 3. The number of nitrogens with zero attached hydrogens (tertiary/aromatic N) is 3. The van der Waals surface area contributed by atoms with Crippen LogP contribution in [-0.2, 0) is 17.9 Å². The summed E-state index contributed by atoms with van der Waals surface area (Å²) in [6.45, 7) is -0.394. The lowest BCUT2D eigenvalue weighted by Gasteiger charge is -2.28. The molecule has 1 aliphatic heterocycles. The number of carboxylic acids is 1. The van der Waals surface area contributed by atoms with Crippen LogP contribution in [0.2, 0.25) is 0 Å². The van der Waals surface area contributed by atoms with Crippen molar-refractivity contribution < 1.29 is 27.9 Å². The first-order valence-electron chi connectivity index (χ1n) is 4.95. The number of alkyl halides is 3. The number of carboxylic acid groups (broad SMARTS) is 1. The maximum absolute atomic E-state index is 12.2. The lowest BCUT2D eigenvalue weighted by molar-refractivity contribution is -0.187. The van der Waals surface area contributed by atoms with Crippen LogP contribution in [0.25, 0.3) is 0 Å². The molecule has 2 rings (SSSR count). The van der Waals surface area contributed by atoms with Gasteiger partial charge in [-0.05, 0) is 6.07 Å². The molecule has 0 aromatic carbocycles. The highest BCUT2D eigenvalue weighted by molar-refractivity contribution is 5.85. The summed E-state index contributed by atoms with van der Waals surface area (Å²) in [6.07, 6.45) is -4.92. The maximum atomic E-state index is 12.2. The fourth-order valence-electron chi connectivity index (χ4n) is 1.72. The van der Waals surface area contributed by atoms with Crippen molar-refractivity contribution in [1.82, 2.24) is 14.7 Å². The molecule has 0 fully saturated rings. The second-order valence-corrected chi connectivity index (χ2v) is 3.77. The molecule has 1 aromatic heterocycles. The van der Waals surface area contributed by atoms with Crippen molar-refractivity contribution in [2.75, 3.05) is 6.54 Å². The van der Waals surface area contributed by atoms with E-state index in [2.05, 4.69) is 5.10 Å². The molecule has 1 N–H and O–H groups in total. The van der Waals surface area contributed by atoms with Crippen LogP contribution in [0.4, 0.5) is 13.2 Å². The highest BCUT2D eigenvalue weighted by atomic mass is 19.4. The van der Waals surface area contributed by atoms with Gasteiger partial charge in [0.2, 0.25) is 0 Å². The fourth-order valence-corrected chi connectivity index (χ4v) is 1.72. The van der Waals surface area contributed by atoms with Crippen LogP contribution >= 0.6 is 0 Å². The molecule has 0 saturated carbocycles. The summed E-state index contributed by atoms with van der Waals surface area (Å²) >= 11 is 0. The topological polar surface area (TPSA) is 75.4 Å². The predicted molar refractivity (Wildman–Crippen MR) is 50.7 cm³/mol. The maximum Gasteiger partial charge on any atom is 0.471 e. The summed E-state index contributed by atoms with van der Waals surface area (Å²) in [4.78, 5) is 22.3. The minimum Gasteiger partial charge on any atom is -0.476 e. The molecule has 1 aromatic rings. The van der Waals surface area contributed by atoms with E-state index in [0.29, 0.717) is 4.90 Å². The molecular formula is C9H8F3N3O3. The first-order chi connectivity index (χ1) is 8.29. The second kappa shape index (κ2) is 4.00. The summed E-state index contributed by atoms with van der Waals surface area (Å²) in [6, 6.07) is 1.16. The Morgan fingerprint density at radius 2 is 2.00 bits per heavy atom. The summed E-state index contributed by atoms with van der Waals surface area (Å²) in [7, 11) is 0. The summed E-state index contributed by atoms with van der Waals surface area (Å²) in [5.74, 6) is -3.18. The average Bonchev–Trinajstić information content (AvgIpc) is 2.69. The van der Waals surface area contributed by atoms with Crippen LogP contribution < -0.4 is 0 Å². The van der Waals surface area contributed by atoms with Gasteiger partial charge in [0.15, 0.2) is 5.69 Å². The molecule has 18 heavy (non-hydrogen) atoms. The number of rotatable bonds is 1. The van der Waals surface area contributed by atoms with Gasteiger partial charge in [-0.2, -0.15) is 18.3 Å². The van der Waals surface area contributed by atoms with Crippen molar-refractivity contribution in [2.24, 2.45) is 0 Å². The van der Waals surface area contributed by atoms with E-state index in [0.717, 1.165) is 6.07 Å². The molecule has 1 aliphatic rings. The third-order valence-corrected chi connectivity index (χ3v) is 2.55. The number of hydrogen-bond donors (Lipinski definition) is 1. The fraction of sp³-hybridized carbons (Fsp3) is 0.444. The summed E-state index contributed by atoms with van der Waals surface area (Å²) < 4.78 is 38.0. The smallest absolute Gasteiger partial charge is 0.471 e. The van der Waals surface area contributed by atoms with Crippen LogP contribution in [0.1, 0.15) is 16.2 Å². The highest BCUT2D eigenvalue weighted by Crippen LogP contribution is 2.22. The first-order valence-corrected chi connectivity index (χ1v) is 4.95. The van der Waals surface area contributed by atoms with Gasteiger partial charge >= 0.3 is 18.1 Å². The van der Waals surface area contributed by atoms with Gasteiger partial charge < -0.3 is 10.0 Å². The molecule has 0 spiro atoms. The Balaban J connectivity index is 2.20. The van der Waals surface area contributed by atoms with Crippen molar-refractivity contribution in [3.05, 3.63) is 17.5 Å². The predicted octanol–water partition coefficient (Wildman–Crippen LogP) is 0.486. The van der Waals surface area contributed by atoms with Crippen LogP contribution in [0.3, 0.4) is 0 Å². The molecule has 0 atom stereocenters. The Kier molecular flexibility index (Phi) is 2.76. The van der Waals surface area contributed by atoms with Crippen LogP contribution in [0.15, 0.2) is 6.07 Å². The van der Waals surface area contributed by atoms with Gasteiger partial charge in [0.1, 0.15) is 0 Å². The minimum atomic E-state index is -4.92. The summed E-state index contributed by atoms with van der Waals surface area (Å²) in [5, 5.41) is 12.4. The van der Waals surface area contributed by atoms with E-state index < -0.39 is 18.1 Å². The first kappa shape index (κ1) is 12.4. The molecule has 98 valence electrons. The number of hydrogen-bond acceptors (Lipinski definition) is 3. The SMILES string of the molecule is O=C(O)c1cc2n(n1)CCN(C(=O)C(F)(F)F)C2. The van der Waals surface area contributed by atoms with E-state index in [4.69, 9.17) is 5.11 Å². The van der Waals surface area contributed by atoms with Gasteiger partial charge in [0.05, 0.1) is 18.8 Å². The van der Waals surface area contributed by atoms with Crippen molar-refractivity contribution >= 4 is 11.9 Å². The van der Waals surface area contributed by atoms with E-state index in [-0.39, 0.29) is 31.0 Å². The Morgan fingerprint density at radius 3 is 2.56 bits per heavy atom. The molecule has 6 nitrogen and oxygen atoms in total. The number of fused-ring (bicyclic) bond motifs is 1. The Morgan fingerprint density at radius 1 is 1.33 bits per heavy atom. The van der Waals surface area contributed by atoms with Gasteiger partial charge in [-0.25, -0.2) is 4.79 Å². The van der Waals surface area contributed by atoms with Crippen molar-refractivity contribution in [3.63, 3.8) is 0 Å². The molecule has 2 heterocycles. The van der Waals surface area contributed by atoms with Crippen molar-refractivity contribution in [2.45, 2.75) is 19.3 Å². The average molecular weight is 263 g/mol. The van der Waals surface area contributed by atoms with Crippen molar-refractivity contribution in [1.29, 1.82) is 0 Å². The zero-order chi connectivity index (χ0) is 13.5. The van der Waals surface area contributed by atoms with E-state index >= 15 is 0 Å². The zero-order valence-electron chi connectivity index (χ0n) is 8.94. The minimum absolute atomic E-state index is 0.0461. The zero-order valence-corrected chi connectivity index (χ0v) is 8.94. The van der Waals surface area contributed by atoms with E-state index in [9.17, 15) is 22.8 Å². The molecule has 0 bridgehead atoms. The quantitative estimate of drug-likeness (QED) is 0.799. The summed E-state index contributed by atoms with van der Waals surface area (Å²) in [5.41, 5.74) is 0.0301. The standard InChI is InChI=1S/C9H8F3N3O3/c10-9(11,12)8(18)14-1-2-15-5(4-14)3-6(13-15)7(16)17/h3H,1-2,4H2,(H,16,17). The number of aromatic nitrogens is 2. The lowest BCUT2D eigenvalue weighted by Crippen LogP contribution is -2.45. The van der Waals surface area contributed by atoms with Gasteiger partial charge in [-0.1, -0.05) is 0 Å². The third kappa shape index (κ3) is 2.15. The number of aromatic carboxylic acids is 1. The Labute approximate surface area is 98.6 Å². The van der Waals surface area contributed by atoms with Gasteiger partial charge in [-0.15, -0.1) is 0 Å². The van der Waals surface area contributed by atoms with E-state index in [1.807, 2.05) is 0 Å². The van der Waals surface area contributed by atoms with Gasteiger partial charge in [0, 0.05) is 6.54 Å². The normalized spacial score (nSPS) is 15.4. The number of amides is 1.